The molecule has 0 saturated carbocycles. The van der Waals surface area contributed by atoms with E-state index in [1.54, 1.807) is 0 Å². The van der Waals surface area contributed by atoms with Crippen molar-refractivity contribution < 1.29 is 9.22 Å². The summed E-state index contributed by atoms with van der Waals surface area (Å²) >= 11 is 0. The highest BCUT2D eigenvalue weighted by Crippen LogP contribution is 2.50. The van der Waals surface area contributed by atoms with Gasteiger partial charge >= 0.3 is 0 Å². The van der Waals surface area contributed by atoms with E-state index in [1.165, 1.54) is 19.3 Å². The molecule has 2 rings (SSSR count). The van der Waals surface area contributed by atoms with Crippen LogP contribution in [0.5, 0.6) is 0 Å². The Hall–Kier alpha value is -0.396. The predicted octanol–water partition coefficient (Wildman–Crippen LogP) is 6.59. The van der Waals surface area contributed by atoms with Crippen LogP contribution in [0.1, 0.15) is 67.7 Å². The van der Waals surface area contributed by atoms with Crippen LogP contribution in [-0.4, -0.2) is 39.2 Å². The standard InChI is InChI=1S/C23H45NO2Si2/c1-17(26-28(10,11)23(5,6)7)19-20(18-15-13-12-14-16-18)24(21(19)25)27(8,9)22(2,3)4/h13,15,17-20H,12,14,16H2,1-11H3/t17-,18-,19-,20-/m1/s1. The Balaban J connectivity index is 2.34. The van der Waals surface area contributed by atoms with Gasteiger partial charge in [-0.2, -0.15) is 0 Å². The first kappa shape index (κ1) is 23.9. The largest absolute Gasteiger partial charge is 0.413 e. The Morgan fingerprint density at radius 3 is 2.07 bits per heavy atom. The highest BCUT2D eigenvalue weighted by molar-refractivity contribution is 6.80. The smallest absolute Gasteiger partial charge is 0.222 e. The molecule has 1 aliphatic heterocycles. The Labute approximate surface area is 176 Å². The van der Waals surface area contributed by atoms with E-state index in [9.17, 15) is 4.79 Å². The topological polar surface area (TPSA) is 29.5 Å². The van der Waals surface area contributed by atoms with Gasteiger partial charge < -0.3 is 8.99 Å². The highest BCUT2D eigenvalue weighted by atomic mass is 28.4. The van der Waals surface area contributed by atoms with E-state index in [4.69, 9.17) is 4.43 Å². The third kappa shape index (κ3) is 4.22. The average Bonchev–Trinajstić information content (AvgIpc) is 2.50. The molecule has 0 aromatic heterocycles. The van der Waals surface area contributed by atoms with E-state index in [0.717, 1.165) is 0 Å². The van der Waals surface area contributed by atoms with E-state index in [2.05, 4.69) is 91.4 Å². The van der Waals surface area contributed by atoms with Gasteiger partial charge in [0, 0.05) is 6.04 Å². The maximum atomic E-state index is 13.6. The van der Waals surface area contributed by atoms with E-state index in [0.29, 0.717) is 17.9 Å². The Kier molecular flexibility index (Phi) is 6.56. The van der Waals surface area contributed by atoms with Crippen molar-refractivity contribution >= 4 is 22.5 Å². The third-order valence-electron chi connectivity index (χ3n) is 8.15. The Morgan fingerprint density at radius 1 is 1.07 bits per heavy atom. The van der Waals surface area contributed by atoms with E-state index >= 15 is 0 Å². The van der Waals surface area contributed by atoms with Crippen molar-refractivity contribution in [2.75, 3.05) is 0 Å². The molecule has 28 heavy (non-hydrogen) atoms. The van der Waals surface area contributed by atoms with Crippen molar-refractivity contribution in [3.05, 3.63) is 12.2 Å². The van der Waals surface area contributed by atoms with Gasteiger partial charge in [0.1, 0.15) is 0 Å². The van der Waals surface area contributed by atoms with Gasteiger partial charge in [-0.05, 0) is 55.3 Å². The number of allylic oxidation sites excluding steroid dienone is 1. The number of β-lactam (4-membered cyclic amide) rings is 1. The summed E-state index contributed by atoms with van der Waals surface area (Å²) in [5.41, 5.74) is 0. The van der Waals surface area contributed by atoms with E-state index < -0.39 is 16.6 Å². The van der Waals surface area contributed by atoms with Crippen LogP contribution in [0.25, 0.3) is 0 Å². The molecule has 0 spiro atoms. The number of amides is 1. The minimum Gasteiger partial charge on any atom is -0.413 e. The molecule has 1 fully saturated rings. The fourth-order valence-corrected chi connectivity index (χ4v) is 8.27. The van der Waals surface area contributed by atoms with Crippen molar-refractivity contribution in [1.82, 2.24) is 4.57 Å². The summed E-state index contributed by atoms with van der Waals surface area (Å²) in [6.45, 7) is 25.3. The molecule has 0 aromatic rings. The second kappa shape index (κ2) is 7.70. The van der Waals surface area contributed by atoms with Crippen LogP contribution in [-0.2, 0) is 9.22 Å². The van der Waals surface area contributed by atoms with Crippen LogP contribution in [0.15, 0.2) is 12.2 Å². The number of hydrogen-bond donors (Lipinski definition) is 0. The van der Waals surface area contributed by atoms with Gasteiger partial charge in [-0.3, -0.25) is 4.79 Å². The molecule has 5 heteroatoms. The maximum absolute atomic E-state index is 13.6. The lowest BCUT2D eigenvalue weighted by Crippen LogP contribution is -2.76. The van der Waals surface area contributed by atoms with Gasteiger partial charge in [-0.25, -0.2) is 0 Å². The summed E-state index contributed by atoms with van der Waals surface area (Å²) in [7, 11) is -3.81. The van der Waals surface area contributed by atoms with E-state index in [-0.39, 0.29) is 22.1 Å². The van der Waals surface area contributed by atoms with Crippen molar-refractivity contribution in [2.45, 2.75) is 116 Å². The molecule has 1 heterocycles. The molecular formula is C23H45NO2Si2. The molecule has 0 bridgehead atoms. The first-order valence-corrected chi connectivity index (χ1v) is 17.1. The first-order chi connectivity index (χ1) is 12.5. The molecule has 1 amide bonds. The molecule has 4 atom stereocenters. The Bertz CT molecular complexity index is 613. The molecule has 0 unspecified atom stereocenters. The van der Waals surface area contributed by atoms with Crippen molar-refractivity contribution in [3.8, 4) is 0 Å². The molecule has 1 aliphatic carbocycles. The summed E-state index contributed by atoms with van der Waals surface area (Å²) in [5.74, 6) is 0.841. The van der Waals surface area contributed by atoms with Crippen LogP contribution in [0.4, 0.5) is 0 Å². The van der Waals surface area contributed by atoms with Crippen LogP contribution < -0.4 is 0 Å². The zero-order valence-corrected chi connectivity index (χ0v) is 22.3. The molecule has 162 valence electrons. The average molecular weight is 424 g/mol. The lowest BCUT2D eigenvalue weighted by atomic mass is 9.75. The third-order valence-corrected chi connectivity index (χ3v) is 18.1. The zero-order chi connectivity index (χ0) is 21.7. The SMILES string of the molecule is C[C@@H](O[Si](C)(C)C(C)(C)C)[C@H]1C(=O)N([Si](C)(C)C(C)(C)C)[C@@H]1[C@@H]1C=CCCC1. The van der Waals surface area contributed by atoms with Crippen molar-refractivity contribution in [1.29, 1.82) is 0 Å². The predicted molar refractivity (Wildman–Crippen MR) is 126 cm³/mol. The number of nitrogens with zero attached hydrogens (tertiary/aromatic N) is 1. The van der Waals surface area contributed by atoms with Gasteiger partial charge in [-0.1, -0.05) is 66.8 Å². The van der Waals surface area contributed by atoms with Gasteiger partial charge in [0.15, 0.2) is 16.6 Å². The number of carbonyl (C=O) groups is 1. The van der Waals surface area contributed by atoms with E-state index in [1.807, 2.05) is 0 Å². The molecular weight excluding hydrogens is 378 g/mol. The lowest BCUT2D eigenvalue weighted by Gasteiger charge is -2.62. The van der Waals surface area contributed by atoms with Gasteiger partial charge in [0.25, 0.3) is 0 Å². The minimum atomic E-state index is -1.91. The number of rotatable bonds is 5. The van der Waals surface area contributed by atoms with Crippen LogP contribution in [0.3, 0.4) is 0 Å². The summed E-state index contributed by atoms with van der Waals surface area (Å²) in [6.07, 6.45) is 8.33. The van der Waals surface area contributed by atoms with Crippen LogP contribution >= 0.6 is 0 Å². The fraction of sp³-hybridized carbons (Fsp3) is 0.870. The normalized spacial score (nSPS) is 28.3. The van der Waals surface area contributed by atoms with Crippen molar-refractivity contribution in [3.63, 3.8) is 0 Å². The second-order valence-corrected chi connectivity index (χ2v) is 22.0. The highest BCUT2D eigenvalue weighted by Gasteiger charge is 2.61. The van der Waals surface area contributed by atoms with Crippen LogP contribution in [0.2, 0.25) is 36.3 Å². The van der Waals surface area contributed by atoms with Crippen molar-refractivity contribution in [2.24, 2.45) is 11.8 Å². The van der Waals surface area contributed by atoms with Gasteiger partial charge in [-0.15, -0.1) is 0 Å². The molecule has 3 nitrogen and oxygen atoms in total. The first-order valence-electron chi connectivity index (χ1n) is 11.2. The maximum Gasteiger partial charge on any atom is 0.222 e. The number of hydrogen-bond acceptors (Lipinski definition) is 2. The molecule has 0 radical (unpaired) electrons. The monoisotopic (exact) mass is 423 g/mol. The number of carbonyl (C=O) groups excluding carboxylic acids is 1. The summed E-state index contributed by atoms with van der Waals surface area (Å²) in [5, 5.41) is 0.321. The molecule has 2 aliphatic rings. The molecule has 1 saturated heterocycles. The van der Waals surface area contributed by atoms with Crippen LogP contribution in [0, 0.1) is 11.8 Å². The summed E-state index contributed by atoms with van der Waals surface area (Å²) in [4.78, 5) is 13.6. The van der Waals surface area contributed by atoms with Gasteiger partial charge in [0.2, 0.25) is 5.91 Å². The Morgan fingerprint density at radius 2 is 1.64 bits per heavy atom. The quantitative estimate of drug-likeness (QED) is 0.284. The fourth-order valence-electron chi connectivity index (χ4n) is 4.32. The molecule has 0 N–H and O–H groups in total. The lowest BCUT2D eigenvalue weighted by molar-refractivity contribution is -0.157. The van der Waals surface area contributed by atoms with Gasteiger partial charge in [0.05, 0.1) is 12.0 Å². The molecule has 0 aromatic carbocycles. The summed E-state index contributed by atoms with van der Waals surface area (Å²) in [6, 6.07) is 0.310. The minimum absolute atomic E-state index is 0.00487. The zero-order valence-electron chi connectivity index (χ0n) is 20.3. The second-order valence-electron chi connectivity index (χ2n) is 12.1. The summed E-state index contributed by atoms with van der Waals surface area (Å²) < 4.78 is 9.08.